The number of H-pyrrole nitrogens is 1. The Balaban J connectivity index is 1.46. The lowest BCUT2D eigenvalue weighted by Crippen LogP contribution is -2.40. The average Bonchev–Trinajstić information content (AvgIpc) is 3.33. The van der Waals surface area contributed by atoms with Gasteiger partial charge in [0.25, 0.3) is 6.43 Å². The van der Waals surface area contributed by atoms with E-state index in [1.165, 1.54) is 16.3 Å². The number of hydrogen-bond donors (Lipinski definition) is 1. The van der Waals surface area contributed by atoms with Crippen LogP contribution in [0.15, 0.2) is 42.7 Å². The normalized spacial score (nSPS) is 16.3. The molecular formula is C21H23F2N5O. The van der Waals surface area contributed by atoms with Gasteiger partial charge in [-0.3, -0.25) is 9.48 Å². The van der Waals surface area contributed by atoms with Gasteiger partial charge in [-0.25, -0.2) is 13.8 Å². The van der Waals surface area contributed by atoms with Gasteiger partial charge in [0.1, 0.15) is 12.2 Å². The van der Waals surface area contributed by atoms with Gasteiger partial charge in [0, 0.05) is 18.2 Å². The molecule has 1 aliphatic heterocycles. The number of nitrogens with one attached hydrogen (secondary N) is 1. The van der Waals surface area contributed by atoms with E-state index in [9.17, 15) is 13.6 Å². The monoisotopic (exact) mass is 399 g/mol. The molecule has 1 amide bonds. The van der Waals surface area contributed by atoms with Crippen molar-refractivity contribution in [3.63, 3.8) is 0 Å². The van der Waals surface area contributed by atoms with Crippen LogP contribution in [0.2, 0.25) is 0 Å². The van der Waals surface area contributed by atoms with E-state index >= 15 is 0 Å². The van der Waals surface area contributed by atoms with E-state index in [2.05, 4.69) is 27.2 Å². The zero-order valence-electron chi connectivity index (χ0n) is 16.2. The molecule has 152 valence electrons. The Morgan fingerprint density at radius 2 is 2.10 bits per heavy atom. The van der Waals surface area contributed by atoms with Crippen molar-refractivity contribution >= 4 is 5.91 Å². The number of aromatic amines is 1. The number of aromatic nitrogens is 4. The van der Waals surface area contributed by atoms with Gasteiger partial charge >= 0.3 is 0 Å². The van der Waals surface area contributed by atoms with E-state index in [0.29, 0.717) is 18.8 Å². The van der Waals surface area contributed by atoms with Crippen molar-refractivity contribution in [3.8, 4) is 0 Å². The Morgan fingerprint density at radius 1 is 1.31 bits per heavy atom. The summed E-state index contributed by atoms with van der Waals surface area (Å²) in [7, 11) is 0. The number of alkyl halides is 2. The lowest BCUT2D eigenvalue weighted by molar-refractivity contribution is -0.133. The van der Waals surface area contributed by atoms with Crippen LogP contribution in [0.25, 0.3) is 0 Å². The number of aryl methyl sites for hydroxylation is 2. The first kappa shape index (κ1) is 19.3. The van der Waals surface area contributed by atoms with Crippen LogP contribution in [-0.2, 0) is 24.3 Å². The fraction of sp³-hybridized carbons (Fsp3) is 0.381. The molecule has 3 aromatic rings. The van der Waals surface area contributed by atoms with Crippen molar-refractivity contribution < 1.29 is 13.6 Å². The number of carbonyl (C=O) groups is 1. The molecule has 0 bridgehead atoms. The molecule has 0 spiro atoms. The van der Waals surface area contributed by atoms with Gasteiger partial charge in [0.05, 0.1) is 24.3 Å². The van der Waals surface area contributed by atoms with Crippen LogP contribution in [0, 0.1) is 6.92 Å². The summed E-state index contributed by atoms with van der Waals surface area (Å²) >= 11 is 0. The summed E-state index contributed by atoms with van der Waals surface area (Å²) in [6.45, 7) is 2.63. The predicted octanol–water partition coefficient (Wildman–Crippen LogP) is 3.61. The van der Waals surface area contributed by atoms with Gasteiger partial charge in [0.2, 0.25) is 5.91 Å². The van der Waals surface area contributed by atoms with E-state index in [1.54, 1.807) is 18.2 Å². The van der Waals surface area contributed by atoms with E-state index in [0.717, 1.165) is 24.2 Å². The van der Waals surface area contributed by atoms with Crippen molar-refractivity contribution in [2.24, 2.45) is 0 Å². The van der Waals surface area contributed by atoms with Crippen LogP contribution in [0.1, 0.15) is 47.1 Å². The minimum Gasteiger partial charge on any atom is -0.347 e. The minimum absolute atomic E-state index is 0.0482. The first-order chi connectivity index (χ1) is 14.0. The van der Waals surface area contributed by atoms with E-state index in [-0.39, 0.29) is 24.1 Å². The zero-order valence-corrected chi connectivity index (χ0v) is 16.2. The summed E-state index contributed by atoms with van der Waals surface area (Å²) in [6, 6.07) is 11.5. The topological polar surface area (TPSA) is 66.8 Å². The molecule has 1 aromatic carbocycles. The summed E-state index contributed by atoms with van der Waals surface area (Å²) in [6.07, 6.45) is 0.799. The molecule has 6 nitrogen and oxygen atoms in total. The molecule has 0 radical (unpaired) electrons. The van der Waals surface area contributed by atoms with Gasteiger partial charge in [-0.05, 0) is 31.4 Å². The summed E-state index contributed by atoms with van der Waals surface area (Å²) in [5.41, 5.74) is 3.45. The Morgan fingerprint density at radius 3 is 2.83 bits per heavy atom. The third-order valence-electron chi connectivity index (χ3n) is 5.41. The molecule has 1 atom stereocenters. The summed E-state index contributed by atoms with van der Waals surface area (Å²) in [4.78, 5) is 22.3. The van der Waals surface area contributed by atoms with E-state index < -0.39 is 6.43 Å². The fourth-order valence-electron chi connectivity index (χ4n) is 3.85. The van der Waals surface area contributed by atoms with Gasteiger partial charge in [-0.1, -0.05) is 30.3 Å². The van der Waals surface area contributed by atoms with Gasteiger partial charge in [0.15, 0.2) is 0 Å². The number of halogens is 2. The number of benzene rings is 1. The summed E-state index contributed by atoms with van der Waals surface area (Å²) < 4.78 is 27.1. The maximum atomic E-state index is 12.9. The molecule has 1 unspecified atom stereocenters. The first-order valence-corrected chi connectivity index (χ1v) is 9.67. The molecule has 0 saturated heterocycles. The highest BCUT2D eigenvalue weighted by atomic mass is 19.3. The van der Waals surface area contributed by atoms with Crippen molar-refractivity contribution in [2.75, 3.05) is 6.54 Å². The second-order valence-corrected chi connectivity index (χ2v) is 7.43. The fourth-order valence-corrected chi connectivity index (χ4v) is 3.85. The molecule has 3 heterocycles. The Kier molecular flexibility index (Phi) is 5.42. The van der Waals surface area contributed by atoms with Crippen LogP contribution in [0.5, 0.6) is 0 Å². The largest absolute Gasteiger partial charge is 0.347 e. The molecule has 29 heavy (non-hydrogen) atoms. The predicted molar refractivity (Wildman–Crippen MR) is 103 cm³/mol. The second kappa shape index (κ2) is 8.14. The van der Waals surface area contributed by atoms with Crippen molar-refractivity contribution in [1.82, 2.24) is 24.6 Å². The van der Waals surface area contributed by atoms with Crippen molar-refractivity contribution in [3.05, 3.63) is 71.1 Å². The molecule has 0 fully saturated rings. The number of amides is 1. The third kappa shape index (κ3) is 4.21. The third-order valence-corrected chi connectivity index (χ3v) is 5.41. The number of nitrogens with zero attached hydrogens (tertiary/aromatic N) is 4. The van der Waals surface area contributed by atoms with Crippen LogP contribution >= 0.6 is 0 Å². The lowest BCUT2D eigenvalue weighted by Gasteiger charge is -2.32. The molecular weight excluding hydrogens is 376 g/mol. The number of rotatable bonds is 6. The molecule has 1 N–H and O–H groups in total. The molecule has 2 aromatic heterocycles. The van der Waals surface area contributed by atoms with Gasteiger partial charge in [-0.15, -0.1) is 0 Å². The van der Waals surface area contributed by atoms with Crippen molar-refractivity contribution in [2.45, 2.75) is 45.2 Å². The van der Waals surface area contributed by atoms with Crippen LogP contribution in [-0.4, -0.2) is 37.1 Å². The zero-order chi connectivity index (χ0) is 20.4. The maximum absolute atomic E-state index is 12.9. The van der Waals surface area contributed by atoms with Crippen molar-refractivity contribution in [1.29, 1.82) is 0 Å². The second-order valence-electron chi connectivity index (χ2n) is 7.43. The Labute approximate surface area is 167 Å². The SMILES string of the molecule is Cc1cc(C(F)F)nn1CC(=O)N1Cc2[nH]cnc2C(CCc2ccccc2)C1. The summed E-state index contributed by atoms with van der Waals surface area (Å²) in [5.74, 6) is -0.00789. The Hall–Kier alpha value is -3.03. The Bertz CT molecular complexity index is 982. The summed E-state index contributed by atoms with van der Waals surface area (Å²) in [5, 5.41) is 3.87. The number of fused-ring (bicyclic) bond motifs is 1. The van der Waals surface area contributed by atoms with E-state index in [4.69, 9.17) is 0 Å². The van der Waals surface area contributed by atoms with Crippen LogP contribution in [0.4, 0.5) is 8.78 Å². The highest BCUT2D eigenvalue weighted by molar-refractivity contribution is 5.76. The first-order valence-electron chi connectivity index (χ1n) is 9.67. The maximum Gasteiger partial charge on any atom is 0.282 e. The highest BCUT2D eigenvalue weighted by Crippen LogP contribution is 2.30. The number of hydrogen-bond acceptors (Lipinski definition) is 3. The average molecular weight is 399 g/mol. The van der Waals surface area contributed by atoms with Crippen LogP contribution < -0.4 is 0 Å². The molecule has 1 aliphatic rings. The molecule has 0 aliphatic carbocycles. The quantitative estimate of drug-likeness (QED) is 0.689. The molecule has 4 rings (SSSR count). The van der Waals surface area contributed by atoms with Crippen LogP contribution in [0.3, 0.4) is 0 Å². The molecule has 0 saturated carbocycles. The standard InChI is InChI=1S/C21H23F2N5O/c1-14-9-17(21(22)23)26-28(14)12-19(29)27-10-16(20-18(11-27)24-13-25-20)8-7-15-5-3-2-4-6-15/h2-6,9,13,16,21H,7-8,10-12H2,1H3,(H,24,25). The molecule has 8 heteroatoms. The van der Waals surface area contributed by atoms with Gasteiger partial charge in [-0.2, -0.15) is 5.10 Å². The smallest absolute Gasteiger partial charge is 0.282 e. The lowest BCUT2D eigenvalue weighted by atomic mass is 9.92. The minimum atomic E-state index is -2.64. The number of imidazole rings is 1. The van der Waals surface area contributed by atoms with E-state index in [1.807, 2.05) is 18.2 Å². The van der Waals surface area contributed by atoms with Gasteiger partial charge < -0.3 is 9.88 Å². The number of carbonyl (C=O) groups excluding carboxylic acids is 1. The highest BCUT2D eigenvalue weighted by Gasteiger charge is 2.30.